The molecular weight excluding hydrogens is 204 g/mol. The van der Waals surface area contributed by atoms with E-state index in [2.05, 4.69) is 0 Å². The number of rotatable bonds is 3. The number of methoxy groups -OCH3 is 2. The van der Waals surface area contributed by atoms with Gasteiger partial charge in [-0.3, -0.25) is 0 Å². The molecule has 1 fully saturated rings. The lowest BCUT2D eigenvalue weighted by Gasteiger charge is -2.18. The van der Waals surface area contributed by atoms with Gasteiger partial charge >= 0.3 is 0 Å². The average molecular weight is 222 g/mol. The number of aliphatic hydroxyl groups excluding tert-OH is 1. The fraction of sp³-hybridized carbons (Fsp3) is 0.538. The summed E-state index contributed by atoms with van der Waals surface area (Å²) in [5.41, 5.74) is 1.06. The molecule has 1 saturated carbocycles. The molecule has 16 heavy (non-hydrogen) atoms. The van der Waals surface area contributed by atoms with E-state index in [1.165, 1.54) is 0 Å². The van der Waals surface area contributed by atoms with Gasteiger partial charge in [-0.05, 0) is 31.0 Å². The second-order valence-corrected chi connectivity index (χ2v) is 4.21. The van der Waals surface area contributed by atoms with Gasteiger partial charge in [-0.25, -0.2) is 0 Å². The molecule has 0 amide bonds. The highest BCUT2D eigenvalue weighted by Crippen LogP contribution is 2.40. The Labute approximate surface area is 96.0 Å². The molecule has 1 aromatic rings. The van der Waals surface area contributed by atoms with Crippen molar-refractivity contribution in [3.8, 4) is 11.5 Å². The summed E-state index contributed by atoms with van der Waals surface area (Å²) in [5.74, 6) is 1.84. The van der Waals surface area contributed by atoms with E-state index in [4.69, 9.17) is 9.47 Å². The first-order valence-electron chi connectivity index (χ1n) is 5.66. The number of hydrogen-bond donors (Lipinski definition) is 1. The highest BCUT2D eigenvalue weighted by Gasteiger charge is 2.29. The second kappa shape index (κ2) is 4.74. The largest absolute Gasteiger partial charge is 0.497 e. The van der Waals surface area contributed by atoms with Crippen LogP contribution in [0.15, 0.2) is 18.2 Å². The van der Waals surface area contributed by atoms with Crippen molar-refractivity contribution >= 4 is 0 Å². The first-order valence-corrected chi connectivity index (χ1v) is 5.66. The summed E-state index contributed by atoms with van der Waals surface area (Å²) in [7, 11) is 3.31. The van der Waals surface area contributed by atoms with Gasteiger partial charge in [0.25, 0.3) is 0 Å². The van der Waals surface area contributed by atoms with Crippen LogP contribution in [-0.4, -0.2) is 25.4 Å². The van der Waals surface area contributed by atoms with Crippen LogP contribution in [0.4, 0.5) is 0 Å². The Balaban J connectivity index is 2.36. The van der Waals surface area contributed by atoms with Crippen LogP contribution < -0.4 is 9.47 Å². The number of aliphatic hydroxyl groups is 1. The molecular formula is C13H18O3. The van der Waals surface area contributed by atoms with E-state index in [0.717, 1.165) is 36.3 Å². The highest BCUT2D eigenvalue weighted by atomic mass is 16.5. The van der Waals surface area contributed by atoms with Crippen LogP contribution in [0.3, 0.4) is 0 Å². The first kappa shape index (κ1) is 11.3. The summed E-state index contributed by atoms with van der Waals surface area (Å²) < 4.78 is 10.6. The van der Waals surface area contributed by atoms with Crippen LogP contribution in [0, 0.1) is 0 Å². The van der Waals surface area contributed by atoms with E-state index in [1.54, 1.807) is 14.2 Å². The SMILES string of the molecule is COc1ccc(OC)c([C@H]2CCC[C@@H]2O)c1. The van der Waals surface area contributed by atoms with Gasteiger partial charge in [0, 0.05) is 11.5 Å². The van der Waals surface area contributed by atoms with E-state index in [0.29, 0.717) is 0 Å². The molecule has 0 radical (unpaired) electrons. The fourth-order valence-corrected chi connectivity index (χ4v) is 2.43. The van der Waals surface area contributed by atoms with Crippen LogP contribution >= 0.6 is 0 Å². The Hall–Kier alpha value is -1.22. The number of hydrogen-bond acceptors (Lipinski definition) is 3. The zero-order valence-electron chi connectivity index (χ0n) is 9.77. The smallest absolute Gasteiger partial charge is 0.122 e. The van der Waals surface area contributed by atoms with Gasteiger partial charge < -0.3 is 14.6 Å². The predicted octanol–water partition coefficient (Wildman–Crippen LogP) is 2.33. The predicted molar refractivity (Wildman–Crippen MR) is 62.1 cm³/mol. The quantitative estimate of drug-likeness (QED) is 0.853. The molecule has 0 aromatic heterocycles. The summed E-state index contributed by atoms with van der Waals surface area (Å²) in [4.78, 5) is 0. The molecule has 0 aliphatic heterocycles. The molecule has 88 valence electrons. The molecule has 0 bridgehead atoms. The lowest BCUT2D eigenvalue weighted by atomic mass is 9.94. The average Bonchev–Trinajstić information content (AvgIpc) is 2.74. The maximum absolute atomic E-state index is 9.93. The van der Waals surface area contributed by atoms with Gasteiger partial charge in [0.2, 0.25) is 0 Å². The van der Waals surface area contributed by atoms with Gasteiger partial charge in [-0.2, -0.15) is 0 Å². The van der Waals surface area contributed by atoms with Gasteiger partial charge in [0.1, 0.15) is 11.5 Å². The number of benzene rings is 1. The molecule has 1 aromatic carbocycles. The van der Waals surface area contributed by atoms with E-state index in [1.807, 2.05) is 18.2 Å². The zero-order valence-corrected chi connectivity index (χ0v) is 9.77. The van der Waals surface area contributed by atoms with Crippen molar-refractivity contribution in [1.82, 2.24) is 0 Å². The molecule has 3 heteroatoms. The minimum absolute atomic E-state index is 0.185. The molecule has 1 N–H and O–H groups in total. The third-order valence-electron chi connectivity index (χ3n) is 3.32. The van der Waals surface area contributed by atoms with E-state index >= 15 is 0 Å². The molecule has 0 spiro atoms. The Kier molecular flexibility index (Phi) is 3.34. The normalized spacial score (nSPS) is 24.4. The molecule has 2 atom stereocenters. The van der Waals surface area contributed by atoms with Crippen molar-refractivity contribution in [3.05, 3.63) is 23.8 Å². The van der Waals surface area contributed by atoms with Crippen molar-refractivity contribution in [1.29, 1.82) is 0 Å². The van der Waals surface area contributed by atoms with Crippen molar-refractivity contribution in [3.63, 3.8) is 0 Å². The van der Waals surface area contributed by atoms with Crippen molar-refractivity contribution in [2.45, 2.75) is 31.3 Å². The van der Waals surface area contributed by atoms with Gasteiger partial charge in [-0.15, -0.1) is 0 Å². The molecule has 1 aliphatic rings. The Bertz CT molecular complexity index is 362. The van der Waals surface area contributed by atoms with Crippen LogP contribution in [0.2, 0.25) is 0 Å². The minimum Gasteiger partial charge on any atom is -0.497 e. The topological polar surface area (TPSA) is 38.7 Å². The third-order valence-corrected chi connectivity index (χ3v) is 3.32. The molecule has 1 aliphatic carbocycles. The van der Waals surface area contributed by atoms with Crippen molar-refractivity contribution in [2.75, 3.05) is 14.2 Å². The van der Waals surface area contributed by atoms with Gasteiger partial charge in [0.15, 0.2) is 0 Å². The summed E-state index contributed by atoms with van der Waals surface area (Å²) in [6.45, 7) is 0. The van der Waals surface area contributed by atoms with E-state index < -0.39 is 0 Å². The molecule has 0 saturated heterocycles. The summed E-state index contributed by atoms with van der Waals surface area (Å²) in [5, 5.41) is 9.93. The van der Waals surface area contributed by atoms with Crippen LogP contribution in [0.5, 0.6) is 11.5 Å². The monoisotopic (exact) mass is 222 g/mol. The standard InChI is InChI=1S/C13H18O3/c1-15-9-6-7-13(16-2)11(8-9)10-4-3-5-12(10)14/h6-8,10,12,14H,3-5H2,1-2H3/t10-,12+/m1/s1. The first-order chi connectivity index (χ1) is 7.76. The lowest BCUT2D eigenvalue weighted by molar-refractivity contribution is 0.162. The molecule has 3 nitrogen and oxygen atoms in total. The Morgan fingerprint density at radius 2 is 2.00 bits per heavy atom. The maximum Gasteiger partial charge on any atom is 0.122 e. The summed E-state index contributed by atoms with van der Waals surface area (Å²) >= 11 is 0. The van der Waals surface area contributed by atoms with Crippen molar-refractivity contribution < 1.29 is 14.6 Å². The molecule has 0 unspecified atom stereocenters. The minimum atomic E-state index is -0.249. The Morgan fingerprint density at radius 1 is 1.19 bits per heavy atom. The van der Waals surface area contributed by atoms with E-state index in [9.17, 15) is 5.11 Å². The van der Waals surface area contributed by atoms with Crippen LogP contribution in [-0.2, 0) is 0 Å². The molecule has 2 rings (SSSR count). The van der Waals surface area contributed by atoms with Crippen LogP contribution in [0.25, 0.3) is 0 Å². The van der Waals surface area contributed by atoms with Crippen molar-refractivity contribution in [2.24, 2.45) is 0 Å². The zero-order chi connectivity index (χ0) is 11.5. The van der Waals surface area contributed by atoms with Gasteiger partial charge in [-0.1, -0.05) is 6.42 Å². The second-order valence-electron chi connectivity index (χ2n) is 4.21. The van der Waals surface area contributed by atoms with Gasteiger partial charge in [0.05, 0.1) is 20.3 Å². The maximum atomic E-state index is 9.93. The summed E-state index contributed by atoms with van der Waals surface area (Å²) in [6, 6.07) is 5.75. The molecule has 0 heterocycles. The highest BCUT2D eigenvalue weighted by molar-refractivity contribution is 5.43. The third kappa shape index (κ3) is 2.00. The lowest BCUT2D eigenvalue weighted by Crippen LogP contribution is -2.12. The summed E-state index contributed by atoms with van der Waals surface area (Å²) in [6.07, 6.45) is 2.73. The Morgan fingerprint density at radius 3 is 2.56 bits per heavy atom. The van der Waals surface area contributed by atoms with E-state index in [-0.39, 0.29) is 12.0 Å². The van der Waals surface area contributed by atoms with Crippen LogP contribution in [0.1, 0.15) is 30.7 Å². The fourth-order valence-electron chi connectivity index (χ4n) is 2.43. The number of ether oxygens (including phenoxy) is 2.